The van der Waals surface area contributed by atoms with Gasteiger partial charge in [-0.25, -0.2) is 0 Å². The number of ether oxygens (including phenoxy) is 1. The van der Waals surface area contributed by atoms with E-state index in [0.717, 1.165) is 24.2 Å². The molecule has 0 saturated heterocycles. The van der Waals surface area contributed by atoms with Crippen molar-refractivity contribution in [2.45, 2.75) is 53.1 Å². The van der Waals surface area contributed by atoms with Gasteiger partial charge in [0, 0.05) is 11.8 Å². The Labute approximate surface area is 117 Å². The first-order valence-electron chi connectivity index (χ1n) is 7.18. The van der Waals surface area contributed by atoms with Crippen LogP contribution in [0.1, 0.15) is 53.0 Å². The van der Waals surface area contributed by atoms with Gasteiger partial charge in [-0.1, -0.05) is 27.7 Å². The number of nitrogens with zero attached hydrogens (tertiary/aromatic N) is 1. The number of rotatable bonds is 7. The molecule has 0 spiro atoms. The smallest absolute Gasteiger partial charge is 0.137 e. The third-order valence-corrected chi connectivity index (χ3v) is 3.05. The molecule has 1 N–H and O–H groups in total. The van der Waals surface area contributed by atoms with Gasteiger partial charge in [0.05, 0.1) is 18.4 Å². The van der Waals surface area contributed by atoms with Crippen LogP contribution >= 0.6 is 0 Å². The second-order valence-corrected chi connectivity index (χ2v) is 6.07. The van der Waals surface area contributed by atoms with E-state index in [4.69, 9.17) is 4.74 Å². The van der Waals surface area contributed by atoms with Crippen molar-refractivity contribution in [2.24, 2.45) is 11.8 Å². The highest BCUT2D eigenvalue weighted by atomic mass is 16.5. The zero-order valence-corrected chi connectivity index (χ0v) is 12.8. The first kappa shape index (κ1) is 16.0. The summed E-state index contributed by atoms with van der Waals surface area (Å²) in [6, 6.07) is 1.92. The summed E-state index contributed by atoms with van der Waals surface area (Å²) in [5.74, 6) is 1.59. The molecule has 0 aliphatic rings. The second kappa shape index (κ2) is 6.90. The summed E-state index contributed by atoms with van der Waals surface area (Å²) >= 11 is 0. The van der Waals surface area contributed by atoms with E-state index in [-0.39, 0.29) is 0 Å². The molecular formula is C16H27NO2. The molecule has 0 atom stereocenters. The van der Waals surface area contributed by atoms with E-state index < -0.39 is 5.60 Å². The Morgan fingerprint density at radius 3 is 2.21 bits per heavy atom. The molecule has 1 aromatic rings. The Kier molecular flexibility index (Phi) is 5.80. The second-order valence-electron chi connectivity index (χ2n) is 6.07. The molecule has 0 aromatic carbocycles. The van der Waals surface area contributed by atoms with Crippen molar-refractivity contribution in [3.05, 3.63) is 24.0 Å². The lowest BCUT2D eigenvalue weighted by Crippen LogP contribution is -2.29. The number of aromatic nitrogens is 1. The molecule has 108 valence electrons. The minimum atomic E-state index is -0.817. The Hall–Kier alpha value is -1.09. The lowest BCUT2D eigenvalue weighted by Gasteiger charge is -2.32. The number of hydrogen-bond donors (Lipinski definition) is 1. The molecule has 3 heteroatoms. The highest BCUT2D eigenvalue weighted by molar-refractivity contribution is 5.28. The van der Waals surface area contributed by atoms with Gasteiger partial charge >= 0.3 is 0 Å². The minimum absolute atomic E-state index is 0.430. The molecule has 0 aliphatic carbocycles. The average molecular weight is 265 g/mol. The SMILES string of the molecule is CCOc1cncc(C(O)(CC(C)C)CC(C)C)c1. The summed E-state index contributed by atoms with van der Waals surface area (Å²) in [6.07, 6.45) is 4.93. The van der Waals surface area contributed by atoms with Crippen molar-refractivity contribution in [1.82, 2.24) is 4.98 Å². The lowest BCUT2D eigenvalue weighted by atomic mass is 9.80. The summed E-state index contributed by atoms with van der Waals surface area (Å²) in [5.41, 5.74) is 0.0449. The molecule has 0 saturated carbocycles. The molecule has 3 nitrogen and oxygen atoms in total. The maximum Gasteiger partial charge on any atom is 0.137 e. The lowest BCUT2D eigenvalue weighted by molar-refractivity contribution is -0.00500. The molecule has 19 heavy (non-hydrogen) atoms. The van der Waals surface area contributed by atoms with Gasteiger partial charge < -0.3 is 9.84 Å². The summed E-state index contributed by atoms with van der Waals surface area (Å²) in [5, 5.41) is 11.0. The fraction of sp³-hybridized carbons (Fsp3) is 0.688. The van der Waals surface area contributed by atoms with Crippen LogP contribution in [0.5, 0.6) is 5.75 Å². The van der Waals surface area contributed by atoms with Crippen molar-refractivity contribution >= 4 is 0 Å². The third-order valence-electron chi connectivity index (χ3n) is 3.05. The van der Waals surface area contributed by atoms with Gasteiger partial charge in [0.25, 0.3) is 0 Å². The molecule has 0 aliphatic heterocycles. The van der Waals surface area contributed by atoms with Gasteiger partial charge in [-0.3, -0.25) is 4.98 Å². The van der Waals surface area contributed by atoms with Gasteiger partial charge in [-0.15, -0.1) is 0 Å². The quantitative estimate of drug-likeness (QED) is 0.816. The Bertz CT molecular complexity index is 378. The van der Waals surface area contributed by atoms with Crippen LogP contribution in [0.3, 0.4) is 0 Å². The van der Waals surface area contributed by atoms with Crippen molar-refractivity contribution in [2.75, 3.05) is 6.61 Å². The average Bonchev–Trinajstić information content (AvgIpc) is 2.27. The van der Waals surface area contributed by atoms with Crippen LogP contribution in [-0.4, -0.2) is 16.7 Å². The van der Waals surface area contributed by atoms with Gasteiger partial charge in [0.1, 0.15) is 5.75 Å². The van der Waals surface area contributed by atoms with Crippen molar-refractivity contribution < 1.29 is 9.84 Å². The number of pyridine rings is 1. The van der Waals surface area contributed by atoms with Crippen LogP contribution in [0, 0.1) is 11.8 Å². The first-order valence-corrected chi connectivity index (χ1v) is 7.18. The van der Waals surface area contributed by atoms with Crippen molar-refractivity contribution in [1.29, 1.82) is 0 Å². The fourth-order valence-electron chi connectivity index (χ4n) is 2.59. The predicted molar refractivity (Wildman–Crippen MR) is 78.2 cm³/mol. The molecule has 0 fully saturated rings. The van der Waals surface area contributed by atoms with E-state index >= 15 is 0 Å². The van der Waals surface area contributed by atoms with E-state index in [9.17, 15) is 5.11 Å². The van der Waals surface area contributed by atoms with Crippen molar-refractivity contribution in [3.8, 4) is 5.75 Å². The van der Waals surface area contributed by atoms with Gasteiger partial charge in [0.15, 0.2) is 0 Å². The van der Waals surface area contributed by atoms with E-state index in [1.165, 1.54) is 0 Å². The van der Waals surface area contributed by atoms with Crippen LogP contribution in [0.4, 0.5) is 0 Å². The molecule has 0 amide bonds. The Morgan fingerprint density at radius 2 is 1.74 bits per heavy atom. The molecule has 1 aromatic heterocycles. The molecule has 0 bridgehead atoms. The van der Waals surface area contributed by atoms with Crippen LogP contribution in [-0.2, 0) is 5.60 Å². The monoisotopic (exact) mass is 265 g/mol. The van der Waals surface area contributed by atoms with E-state index in [1.807, 2.05) is 13.0 Å². The van der Waals surface area contributed by atoms with E-state index in [1.54, 1.807) is 12.4 Å². The molecule has 1 heterocycles. The van der Waals surface area contributed by atoms with Crippen LogP contribution in [0.25, 0.3) is 0 Å². The predicted octanol–water partition coefficient (Wildman–Crippen LogP) is 3.76. The summed E-state index contributed by atoms with van der Waals surface area (Å²) in [6.45, 7) is 11.1. The Morgan fingerprint density at radius 1 is 1.16 bits per heavy atom. The first-order chi connectivity index (χ1) is 8.87. The summed E-state index contributed by atoms with van der Waals surface area (Å²) in [4.78, 5) is 4.20. The molecule has 0 unspecified atom stereocenters. The fourth-order valence-corrected chi connectivity index (χ4v) is 2.59. The molecule has 0 radical (unpaired) electrons. The third kappa shape index (κ3) is 4.83. The highest BCUT2D eigenvalue weighted by Crippen LogP contribution is 2.35. The van der Waals surface area contributed by atoms with Crippen molar-refractivity contribution in [3.63, 3.8) is 0 Å². The maximum atomic E-state index is 11.0. The van der Waals surface area contributed by atoms with Crippen LogP contribution in [0.2, 0.25) is 0 Å². The van der Waals surface area contributed by atoms with Crippen LogP contribution < -0.4 is 4.74 Å². The standard InChI is InChI=1S/C16H27NO2/c1-6-19-15-7-14(10-17-11-15)16(18,8-12(2)3)9-13(4)5/h7,10-13,18H,6,8-9H2,1-5H3. The Balaban J connectivity index is 3.05. The van der Waals surface area contributed by atoms with Gasteiger partial charge in [-0.2, -0.15) is 0 Å². The zero-order chi connectivity index (χ0) is 14.5. The van der Waals surface area contributed by atoms with Gasteiger partial charge in [-0.05, 0) is 37.7 Å². The molecular weight excluding hydrogens is 238 g/mol. The maximum absolute atomic E-state index is 11.0. The largest absolute Gasteiger partial charge is 0.492 e. The summed E-state index contributed by atoms with van der Waals surface area (Å²) in [7, 11) is 0. The van der Waals surface area contributed by atoms with Crippen LogP contribution in [0.15, 0.2) is 18.5 Å². The number of aliphatic hydroxyl groups is 1. The van der Waals surface area contributed by atoms with Gasteiger partial charge in [0.2, 0.25) is 0 Å². The highest BCUT2D eigenvalue weighted by Gasteiger charge is 2.31. The summed E-state index contributed by atoms with van der Waals surface area (Å²) < 4.78 is 5.48. The normalized spacial score (nSPS) is 12.2. The molecule has 1 rings (SSSR count). The zero-order valence-electron chi connectivity index (χ0n) is 12.8. The van der Waals surface area contributed by atoms with E-state index in [0.29, 0.717) is 18.4 Å². The van der Waals surface area contributed by atoms with E-state index in [2.05, 4.69) is 32.7 Å². The minimum Gasteiger partial charge on any atom is -0.492 e. The topological polar surface area (TPSA) is 42.4 Å². The number of hydrogen-bond acceptors (Lipinski definition) is 3.